The number of hydrogen-bond donors (Lipinski definition) is 1. The summed E-state index contributed by atoms with van der Waals surface area (Å²) in [5.74, 6) is 0.632. The number of anilines is 1. The van der Waals surface area contributed by atoms with E-state index < -0.39 is 10.0 Å². The zero-order valence-electron chi connectivity index (χ0n) is 17.3. The van der Waals surface area contributed by atoms with Crippen LogP contribution in [0.1, 0.15) is 15.9 Å². The number of sulfonamides is 1. The number of rotatable bonds is 6. The van der Waals surface area contributed by atoms with E-state index in [9.17, 15) is 13.2 Å². The SMILES string of the molecule is O=C(c1cccc(S(=O)(=O)NCc2ccccc2)c1)N1CCN(c2ccc(Cl)cn2)CC1. The largest absolute Gasteiger partial charge is 0.353 e. The maximum atomic E-state index is 13.0. The molecule has 32 heavy (non-hydrogen) atoms. The second-order valence-electron chi connectivity index (χ2n) is 7.45. The van der Waals surface area contributed by atoms with Gasteiger partial charge < -0.3 is 9.80 Å². The third-order valence-corrected chi connectivity index (χ3v) is 6.93. The van der Waals surface area contributed by atoms with Gasteiger partial charge in [-0.1, -0.05) is 48.0 Å². The van der Waals surface area contributed by atoms with Gasteiger partial charge >= 0.3 is 0 Å². The van der Waals surface area contributed by atoms with Crippen molar-refractivity contribution in [1.82, 2.24) is 14.6 Å². The zero-order valence-corrected chi connectivity index (χ0v) is 18.9. The Bertz CT molecular complexity index is 1180. The monoisotopic (exact) mass is 470 g/mol. The molecule has 4 rings (SSSR count). The van der Waals surface area contributed by atoms with Crippen molar-refractivity contribution >= 4 is 33.3 Å². The lowest BCUT2D eigenvalue weighted by molar-refractivity contribution is 0.0746. The van der Waals surface area contributed by atoms with Gasteiger partial charge in [-0.05, 0) is 35.9 Å². The Labute approximate surface area is 192 Å². The number of carbonyl (C=O) groups is 1. The second-order valence-corrected chi connectivity index (χ2v) is 9.66. The van der Waals surface area contributed by atoms with Crippen molar-refractivity contribution < 1.29 is 13.2 Å². The van der Waals surface area contributed by atoms with Gasteiger partial charge in [0.25, 0.3) is 5.91 Å². The van der Waals surface area contributed by atoms with Gasteiger partial charge in [-0.15, -0.1) is 0 Å². The molecule has 0 unspecified atom stereocenters. The third-order valence-electron chi connectivity index (χ3n) is 5.30. The van der Waals surface area contributed by atoms with Gasteiger partial charge in [-0.3, -0.25) is 4.79 Å². The highest BCUT2D eigenvalue weighted by molar-refractivity contribution is 7.89. The molecule has 1 aliphatic heterocycles. The van der Waals surface area contributed by atoms with Gasteiger partial charge in [-0.25, -0.2) is 18.1 Å². The van der Waals surface area contributed by atoms with Crippen molar-refractivity contribution in [1.29, 1.82) is 0 Å². The van der Waals surface area contributed by atoms with Crippen LogP contribution in [0.2, 0.25) is 5.02 Å². The molecular formula is C23H23ClN4O3S. The number of pyridine rings is 1. The summed E-state index contributed by atoms with van der Waals surface area (Å²) in [7, 11) is -3.74. The Morgan fingerprint density at radius 1 is 0.969 bits per heavy atom. The minimum absolute atomic E-state index is 0.0725. The first-order valence-electron chi connectivity index (χ1n) is 10.2. The number of benzene rings is 2. The minimum atomic E-state index is -3.74. The molecule has 1 aliphatic rings. The normalized spacial score (nSPS) is 14.4. The molecule has 0 aliphatic carbocycles. The average molecular weight is 471 g/mol. The van der Waals surface area contributed by atoms with Gasteiger partial charge in [0, 0.05) is 44.5 Å². The van der Waals surface area contributed by atoms with E-state index in [1.165, 1.54) is 12.1 Å². The lowest BCUT2D eigenvalue weighted by Crippen LogP contribution is -2.49. The molecule has 2 heterocycles. The molecule has 3 aromatic rings. The molecule has 7 nitrogen and oxygen atoms in total. The quantitative estimate of drug-likeness (QED) is 0.598. The van der Waals surface area contributed by atoms with E-state index in [4.69, 9.17) is 11.6 Å². The number of aromatic nitrogens is 1. The summed E-state index contributed by atoms with van der Waals surface area (Å²) in [5, 5.41) is 0.579. The molecule has 1 aromatic heterocycles. The Kier molecular flexibility index (Phi) is 6.74. The number of piperazine rings is 1. The molecule has 1 N–H and O–H groups in total. The van der Waals surface area contributed by atoms with E-state index in [2.05, 4.69) is 14.6 Å². The first kappa shape index (κ1) is 22.3. The summed E-state index contributed by atoms with van der Waals surface area (Å²) in [6.45, 7) is 2.49. The molecule has 1 amide bonds. The minimum Gasteiger partial charge on any atom is -0.353 e. The summed E-state index contributed by atoms with van der Waals surface area (Å²) in [5.41, 5.74) is 1.21. The van der Waals surface area contributed by atoms with Crippen LogP contribution >= 0.6 is 11.6 Å². The maximum absolute atomic E-state index is 13.0. The summed E-state index contributed by atoms with van der Waals surface area (Å²) >= 11 is 5.90. The lowest BCUT2D eigenvalue weighted by atomic mass is 10.2. The van der Waals surface area contributed by atoms with Crippen LogP contribution in [-0.2, 0) is 16.6 Å². The maximum Gasteiger partial charge on any atom is 0.254 e. The summed E-state index contributed by atoms with van der Waals surface area (Å²) in [6.07, 6.45) is 1.60. The number of hydrogen-bond acceptors (Lipinski definition) is 5. The van der Waals surface area contributed by atoms with E-state index in [1.54, 1.807) is 29.3 Å². The van der Waals surface area contributed by atoms with Crippen molar-refractivity contribution in [2.24, 2.45) is 0 Å². The van der Waals surface area contributed by atoms with Crippen molar-refractivity contribution in [2.75, 3.05) is 31.1 Å². The van der Waals surface area contributed by atoms with Crippen molar-refractivity contribution in [3.8, 4) is 0 Å². The molecular weight excluding hydrogens is 448 g/mol. The molecule has 1 fully saturated rings. The van der Waals surface area contributed by atoms with Crippen molar-refractivity contribution in [3.05, 3.63) is 89.1 Å². The molecule has 0 spiro atoms. The summed E-state index contributed by atoms with van der Waals surface area (Å²) in [6, 6.07) is 19.1. The molecule has 2 aromatic carbocycles. The van der Waals surface area contributed by atoms with Gasteiger partial charge in [0.2, 0.25) is 10.0 Å². The predicted octanol–water partition coefficient (Wildman–Crippen LogP) is 3.18. The van der Waals surface area contributed by atoms with Gasteiger partial charge in [0.05, 0.1) is 9.92 Å². The first-order valence-corrected chi connectivity index (χ1v) is 12.1. The molecule has 0 radical (unpaired) electrons. The molecule has 166 valence electrons. The van der Waals surface area contributed by atoms with E-state index in [0.29, 0.717) is 36.8 Å². The molecule has 0 bridgehead atoms. The average Bonchev–Trinajstić information content (AvgIpc) is 2.84. The fourth-order valence-corrected chi connectivity index (χ4v) is 4.71. The Morgan fingerprint density at radius 2 is 1.72 bits per heavy atom. The Balaban J connectivity index is 1.40. The fourth-order valence-electron chi connectivity index (χ4n) is 3.53. The highest BCUT2D eigenvalue weighted by Crippen LogP contribution is 2.18. The Morgan fingerprint density at radius 3 is 2.41 bits per heavy atom. The van der Waals surface area contributed by atoms with Crippen LogP contribution in [0.5, 0.6) is 0 Å². The third kappa shape index (κ3) is 5.27. The first-order chi connectivity index (χ1) is 15.4. The number of nitrogens with one attached hydrogen (secondary N) is 1. The summed E-state index contributed by atoms with van der Waals surface area (Å²) < 4.78 is 28.0. The Hall–Kier alpha value is -2.94. The van der Waals surface area contributed by atoms with E-state index in [1.807, 2.05) is 36.4 Å². The van der Waals surface area contributed by atoms with Crippen LogP contribution in [0.3, 0.4) is 0 Å². The number of amides is 1. The van der Waals surface area contributed by atoms with Crippen LogP contribution in [-0.4, -0.2) is 50.4 Å². The number of carbonyl (C=O) groups excluding carboxylic acids is 1. The lowest BCUT2D eigenvalue weighted by Gasteiger charge is -2.35. The van der Waals surface area contributed by atoms with Crippen molar-refractivity contribution in [3.63, 3.8) is 0 Å². The molecule has 9 heteroatoms. The number of nitrogens with zero attached hydrogens (tertiary/aromatic N) is 3. The van der Waals surface area contributed by atoms with Crippen LogP contribution in [0, 0.1) is 0 Å². The van der Waals surface area contributed by atoms with Gasteiger partial charge in [-0.2, -0.15) is 0 Å². The van der Waals surface area contributed by atoms with Crippen molar-refractivity contribution in [2.45, 2.75) is 11.4 Å². The predicted molar refractivity (Wildman–Crippen MR) is 124 cm³/mol. The van der Waals surface area contributed by atoms with Crippen LogP contribution in [0.25, 0.3) is 0 Å². The van der Waals surface area contributed by atoms with Gasteiger partial charge in [0.1, 0.15) is 5.82 Å². The molecule has 1 saturated heterocycles. The van der Waals surface area contributed by atoms with Crippen LogP contribution in [0.4, 0.5) is 5.82 Å². The van der Waals surface area contributed by atoms with E-state index >= 15 is 0 Å². The zero-order chi connectivity index (χ0) is 22.6. The van der Waals surface area contributed by atoms with E-state index in [-0.39, 0.29) is 17.3 Å². The molecule has 0 atom stereocenters. The highest BCUT2D eigenvalue weighted by atomic mass is 35.5. The standard InChI is InChI=1S/C23H23ClN4O3S/c24-20-9-10-22(25-17-20)27-11-13-28(14-12-27)23(29)19-7-4-8-21(15-19)32(30,31)26-16-18-5-2-1-3-6-18/h1-10,15,17,26H,11-14,16H2. The van der Waals surface area contributed by atoms with Crippen LogP contribution in [0.15, 0.2) is 77.8 Å². The van der Waals surface area contributed by atoms with Gasteiger partial charge in [0.15, 0.2) is 0 Å². The molecule has 0 saturated carbocycles. The number of halogens is 1. The van der Waals surface area contributed by atoms with E-state index in [0.717, 1.165) is 11.4 Å². The smallest absolute Gasteiger partial charge is 0.254 e. The summed E-state index contributed by atoms with van der Waals surface area (Å²) in [4.78, 5) is 21.2. The topological polar surface area (TPSA) is 82.6 Å². The fraction of sp³-hybridized carbons (Fsp3) is 0.217. The highest BCUT2D eigenvalue weighted by Gasteiger charge is 2.24. The van der Waals surface area contributed by atoms with Crippen LogP contribution < -0.4 is 9.62 Å². The second kappa shape index (κ2) is 9.68.